The molecule has 2 rings (SSSR count). The third kappa shape index (κ3) is 3.77. The zero-order valence-corrected chi connectivity index (χ0v) is 15.2. The van der Waals surface area contributed by atoms with E-state index in [1.54, 1.807) is 5.57 Å². The van der Waals surface area contributed by atoms with Crippen LogP contribution in [0.5, 0.6) is 0 Å². The maximum Gasteiger partial charge on any atom is 1.00 e. The van der Waals surface area contributed by atoms with Crippen molar-refractivity contribution in [2.24, 2.45) is 17.3 Å². The molecular weight excluding hydrogens is 235 g/mol. The van der Waals surface area contributed by atoms with Gasteiger partial charge in [-0.3, -0.25) is 0 Å². The smallest absolute Gasteiger partial charge is 0.857 e. The van der Waals surface area contributed by atoms with Crippen LogP contribution in [0.25, 0.3) is 0 Å². The molecule has 1 nitrogen and oxygen atoms in total. The Labute approximate surface area is 149 Å². The number of hydrogen-bond acceptors (Lipinski definition) is 1. The van der Waals surface area contributed by atoms with E-state index < -0.39 is 0 Å². The van der Waals surface area contributed by atoms with Gasteiger partial charge in [-0.25, -0.2) is 0 Å². The molecule has 0 aromatic carbocycles. The average Bonchev–Trinajstić information content (AvgIpc) is 2.31. The number of fused-ring (bicyclic) bond motifs is 1. The van der Waals surface area contributed by atoms with Crippen LogP contribution in [0, 0.1) is 17.3 Å². The van der Waals surface area contributed by atoms with Gasteiger partial charge in [0.2, 0.25) is 0 Å². The standard InChI is InChI=1S/C14H22.CH3O.K/c1-4-13-11(2)8-9-12-7-5-6-10-14(12,13)3;1-2;/h7-9,11,13H,4-6,10H2,1-3H3;1H3;/q;-1;+1. The Kier molecular flexibility index (Phi) is 8.81. The van der Waals surface area contributed by atoms with E-state index in [1.165, 1.54) is 25.7 Å². The van der Waals surface area contributed by atoms with Crippen LogP contribution in [0.15, 0.2) is 23.8 Å². The second-order valence-electron chi connectivity index (χ2n) is 5.20. The van der Waals surface area contributed by atoms with E-state index in [2.05, 4.69) is 39.0 Å². The molecule has 3 unspecified atom stereocenters. The minimum absolute atomic E-state index is 0. The summed E-state index contributed by atoms with van der Waals surface area (Å²) < 4.78 is 0. The van der Waals surface area contributed by atoms with Crippen molar-refractivity contribution in [1.29, 1.82) is 0 Å². The first-order valence-corrected chi connectivity index (χ1v) is 6.48. The Bertz CT molecular complexity index is 283. The predicted molar refractivity (Wildman–Crippen MR) is 68.1 cm³/mol. The average molecular weight is 260 g/mol. The first kappa shape index (κ1) is 18.1. The molecule has 2 heteroatoms. The second kappa shape index (κ2) is 8.29. The Morgan fingerprint density at radius 2 is 2.06 bits per heavy atom. The minimum atomic E-state index is 0. The maximum absolute atomic E-state index is 8.25. The van der Waals surface area contributed by atoms with E-state index in [0.29, 0.717) is 5.41 Å². The summed E-state index contributed by atoms with van der Waals surface area (Å²) in [7, 11) is 0.750. The molecule has 0 fully saturated rings. The van der Waals surface area contributed by atoms with Gasteiger partial charge in [-0.2, -0.15) is 7.11 Å². The second-order valence-corrected chi connectivity index (χ2v) is 5.20. The fraction of sp³-hybridized carbons (Fsp3) is 0.733. The van der Waals surface area contributed by atoms with Gasteiger partial charge < -0.3 is 5.11 Å². The van der Waals surface area contributed by atoms with Crippen LogP contribution in [-0.4, -0.2) is 7.11 Å². The van der Waals surface area contributed by atoms with Crippen molar-refractivity contribution in [3.05, 3.63) is 23.8 Å². The summed E-state index contributed by atoms with van der Waals surface area (Å²) >= 11 is 0. The molecule has 0 bridgehead atoms. The summed E-state index contributed by atoms with van der Waals surface area (Å²) in [6.45, 7) is 7.20. The van der Waals surface area contributed by atoms with Gasteiger partial charge in [-0.1, -0.05) is 45.4 Å². The Morgan fingerprint density at radius 3 is 2.65 bits per heavy atom. The molecule has 0 spiro atoms. The van der Waals surface area contributed by atoms with Crippen LogP contribution in [0.2, 0.25) is 0 Å². The van der Waals surface area contributed by atoms with Crippen molar-refractivity contribution in [3.63, 3.8) is 0 Å². The fourth-order valence-corrected chi connectivity index (χ4v) is 3.55. The molecule has 17 heavy (non-hydrogen) atoms. The molecule has 0 amide bonds. The molecule has 0 aliphatic heterocycles. The minimum Gasteiger partial charge on any atom is -0.857 e. The molecule has 0 aromatic rings. The molecule has 0 radical (unpaired) electrons. The van der Waals surface area contributed by atoms with Gasteiger partial charge in [0.25, 0.3) is 0 Å². The van der Waals surface area contributed by atoms with E-state index in [9.17, 15) is 0 Å². The zero-order valence-electron chi connectivity index (χ0n) is 12.1. The van der Waals surface area contributed by atoms with Gasteiger partial charge >= 0.3 is 51.4 Å². The molecule has 0 aromatic heterocycles. The van der Waals surface area contributed by atoms with Crippen molar-refractivity contribution in [2.45, 2.75) is 46.5 Å². The Morgan fingerprint density at radius 1 is 1.41 bits per heavy atom. The van der Waals surface area contributed by atoms with Crippen LogP contribution in [0.1, 0.15) is 46.5 Å². The molecule has 92 valence electrons. The van der Waals surface area contributed by atoms with Gasteiger partial charge in [-0.05, 0) is 42.1 Å². The summed E-state index contributed by atoms with van der Waals surface area (Å²) in [6, 6.07) is 0. The summed E-state index contributed by atoms with van der Waals surface area (Å²) in [4.78, 5) is 0. The summed E-state index contributed by atoms with van der Waals surface area (Å²) in [6.07, 6.45) is 12.7. The summed E-state index contributed by atoms with van der Waals surface area (Å²) in [5.41, 5.74) is 2.11. The van der Waals surface area contributed by atoms with E-state index in [0.717, 1.165) is 18.9 Å². The van der Waals surface area contributed by atoms with Crippen molar-refractivity contribution in [1.82, 2.24) is 0 Å². The van der Waals surface area contributed by atoms with Gasteiger partial charge in [0.05, 0.1) is 0 Å². The molecule has 0 N–H and O–H groups in total. The van der Waals surface area contributed by atoms with Gasteiger partial charge in [-0.15, -0.1) is 0 Å². The third-order valence-electron chi connectivity index (χ3n) is 4.40. The van der Waals surface area contributed by atoms with Gasteiger partial charge in [0.1, 0.15) is 0 Å². The predicted octanol–water partition coefficient (Wildman–Crippen LogP) is 0.316. The van der Waals surface area contributed by atoms with Crippen LogP contribution >= 0.6 is 0 Å². The van der Waals surface area contributed by atoms with Crippen LogP contribution in [0.4, 0.5) is 0 Å². The number of hydrogen-bond donors (Lipinski definition) is 0. The SMILES string of the molecule is CCC1C(C)C=CC2=CCCCC21C.C[O-].[K+]. The first-order chi connectivity index (χ1) is 7.68. The summed E-state index contributed by atoms with van der Waals surface area (Å²) in [5, 5.41) is 8.25. The normalized spacial score (nSPS) is 34.8. The van der Waals surface area contributed by atoms with E-state index >= 15 is 0 Å². The molecular formula is C15H25KO. The molecule has 0 saturated carbocycles. The van der Waals surface area contributed by atoms with Crippen molar-refractivity contribution in [2.75, 3.05) is 7.11 Å². The number of rotatable bonds is 1. The largest absolute Gasteiger partial charge is 1.00 e. The van der Waals surface area contributed by atoms with Crippen molar-refractivity contribution >= 4 is 0 Å². The van der Waals surface area contributed by atoms with E-state index in [4.69, 9.17) is 5.11 Å². The summed E-state index contributed by atoms with van der Waals surface area (Å²) in [5.74, 6) is 1.62. The van der Waals surface area contributed by atoms with Crippen molar-refractivity contribution < 1.29 is 56.5 Å². The zero-order chi connectivity index (χ0) is 12.2. The first-order valence-electron chi connectivity index (χ1n) is 6.48. The molecule has 3 atom stereocenters. The molecule has 0 heterocycles. The quantitative estimate of drug-likeness (QED) is 0.623. The molecule has 2 aliphatic carbocycles. The van der Waals surface area contributed by atoms with E-state index in [1.807, 2.05) is 0 Å². The molecule has 2 aliphatic rings. The Balaban J connectivity index is 0.000000811. The van der Waals surface area contributed by atoms with Gasteiger partial charge in [0, 0.05) is 0 Å². The number of allylic oxidation sites excluding steroid dienone is 4. The Hall–Kier alpha value is 1.08. The third-order valence-corrected chi connectivity index (χ3v) is 4.40. The maximum atomic E-state index is 8.25. The topological polar surface area (TPSA) is 23.1 Å². The van der Waals surface area contributed by atoms with E-state index in [-0.39, 0.29) is 51.4 Å². The van der Waals surface area contributed by atoms with Gasteiger partial charge in [0.15, 0.2) is 0 Å². The monoisotopic (exact) mass is 260 g/mol. The fourth-order valence-electron chi connectivity index (χ4n) is 3.55. The van der Waals surface area contributed by atoms with Crippen LogP contribution in [-0.2, 0) is 0 Å². The van der Waals surface area contributed by atoms with Crippen LogP contribution < -0.4 is 56.5 Å². The van der Waals surface area contributed by atoms with Crippen LogP contribution in [0.3, 0.4) is 0 Å². The molecule has 0 saturated heterocycles. The van der Waals surface area contributed by atoms with Crippen molar-refractivity contribution in [3.8, 4) is 0 Å².